The van der Waals surface area contributed by atoms with Gasteiger partial charge >= 0.3 is 0 Å². The summed E-state index contributed by atoms with van der Waals surface area (Å²) in [6.07, 6.45) is 0. The van der Waals surface area contributed by atoms with E-state index in [0.717, 1.165) is 17.7 Å². The van der Waals surface area contributed by atoms with Gasteiger partial charge in [0.2, 0.25) is 5.91 Å². The highest BCUT2D eigenvalue weighted by molar-refractivity contribution is 6.30. The zero-order valence-electron chi connectivity index (χ0n) is 13.4. The summed E-state index contributed by atoms with van der Waals surface area (Å²) in [5, 5.41) is 7.03. The molecule has 1 amide bonds. The van der Waals surface area contributed by atoms with E-state index in [4.69, 9.17) is 11.6 Å². The van der Waals surface area contributed by atoms with Crippen molar-refractivity contribution in [1.29, 1.82) is 0 Å². The molecular weight excluding hydrogens is 327 g/mol. The maximum absolute atomic E-state index is 13.0. The van der Waals surface area contributed by atoms with Crippen molar-refractivity contribution >= 4 is 17.5 Å². The zero-order chi connectivity index (χ0) is 17.1. The molecule has 2 aromatic carbocycles. The van der Waals surface area contributed by atoms with E-state index < -0.39 is 0 Å². The molecule has 1 fully saturated rings. The Balaban J connectivity index is 1.69. The number of rotatable bonds is 4. The van der Waals surface area contributed by atoms with Crippen molar-refractivity contribution in [2.75, 3.05) is 13.1 Å². The molecule has 0 saturated carbocycles. The first-order valence-electron chi connectivity index (χ1n) is 8.06. The van der Waals surface area contributed by atoms with E-state index >= 15 is 0 Å². The molecule has 0 radical (unpaired) electrons. The van der Waals surface area contributed by atoms with Gasteiger partial charge in [-0.1, -0.05) is 35.9 Å². The molecule has 3 atom stereocenters. The van der Waals surface area contributed by atoms with Crippen LogP contribution in [0, 0.1) is 11.7 Å². The molecule has 24 heavy (non-hydrogen) atoms. The van der Waals surface area contributed by atoms with Crippen molar-refractivity contribution in [1.82, 2.24) is 10.6 Å². The monoisotopic (exact) mass is 346 g/mol. The average Bonchev–Trinajstić information content (AvgIpc) is 3.06. The number of benzene rings is 2. The minimum Gasteiger partial charge on any atom is -0.349 e. The lowest BCUT2D eigenvalue weighted by Crippen LogP contribution is -2.36. The van der Waals surface area contributed by atoms with Gasteiger partial charge < -0.3 is 10.6 Å². The van der Waals surface area contributed by atoms with Crippen LogP contribution in [0.5, 0.6) is 0 Å². The van der Waals surface area contributed by atoms with Crippen molar-refractivity contribution < 1.29 is 9.18 Å². The van der Waals surface area contributed by atoms with Gasteiger partial charge in [0.15, 0.2) is 0 Å². The quantitative estimate of drug-likeness (QED) is 0.887. The number of carbonyl (C=O) groups excluding carboxylic acids is 1. The van der Waals surface area contributed by atoms with E-state index in [1.165, 1.54) is 12.1 Å². The number of hydrogen-bond donors (Lipinski definition) is 2. The molecule has 1 unspecified atom stereocenters. The zero-order valence-corrected chi connectivity index (χ0v) is 14.2. The first kappa shape index (κ1) is 16.9. The largest absolute Gasteiger partial charge is 0.349 e. The molecule has 1 saturated heterocycles. The summed E-state index contributed by atoms with van der Waals surface area (Å²) in [5.74, 6) is -0.270. The summed E-state index contributed by atoms with van der Waals surface area (Å²) in [7, 11) is 0. The fourth-order valence-electron chi connectivity index (χ4n) is 3.17. The van der Waals surface area contributed by atoms with Crippen LogP contribution in [-0.4, -0.2) is 19.0 Å². The Morgan fingerprint density at radius 2 is 1.83 bits per heavy atom. The fraction of sp³-hybridized carbons (Fsp3) is 0.316. The maximum Gasteiger partial charge on any atom is 0.225 e. The number of carbonyl (C=O) groups is 1. The number of hydrogen-bond acceptors (Lipinski definition) is 2. The molecule has 1 aliphatic rings. The van der Waals surface area contributed by atoms with Crippen LogP contribution in [0.25, 0.3) is 0 Å². The second kappa shape index (κ2) is 7.32. The SMILES string of the molecule is C[C@H](NC(=O)C1CNC[C@H]1c1ccc(Cl)cc1)c1ccc(F)cc1. The Morgan fingerprint density at radius 3 is 2.50 bits per heavy atom. The topological polar surface area (TPSA) is 41.1 Å². The first-order valence-corrected chi connectivity index (χ1v) is 8.44. The fourth-order valence-corrected chi connectivity index (χ4v) is 3.30. The molecule has 2 N–H and O–H groups in total. The predicted octanol–water partition coefficient (Wildman–Crippen LogP) is 3.66. The lowest BCUT2D eigenvalue weighted by molar-refractivity contribution is -0.125. The van der Waals surface area contributed by atoms with Gasteiger partial charge in [-0.3, -0.25) is 4.79 Å². The van der Waals surface area contributed by atoms with Gasteiger partial charge in [-0.15, -0.1) is 0 Å². The molecule has 3 rings (SSSR count). The Bertz CT molecular complexity index is 702. The third-order valence-electron chi connectivity index (χ3n) is 4.58. The van der Waals surface area contributed by atoms with E-state index in [1.807, 2.05) is 31.2 Å². The van der Waals surface area contributed by atoms with E-state index in [9.17, 15) is 9.18 Å². The van der Waals surface area contributed by atoms with Crippen LogP contribution in [0.4, 0.5) is 4.39 Å². The van der Waals surface area contributed by atoms with Gasteiger partial charge in [-0.05, 0) is 42.3 Å². The molecule has 3 nitrogen and oxygen atoms in total. The van der Waals surface area contributed by atoms with Crippen LogP contribution in [0.15, 0.2) is 48.5 Å². The molecule has 0 bridgehead atoms. The van der Waals surface area contributed by atoms with E-state index in [0.29, 0.717) is 11.6 Å². The summed E-state index contributed by atoms with van der Waals surface area (Å²) in [5.41, 5.74) is 2.00. The maximum atomic E-state index is 13.0. The highest BCUT2D eigenvalue weighted by Gasteiger charge is 2.34. The Morgan fingerprint density at radius 1 is 1.17 bits per heavy atom. The molecule has 2 aromatic rings. The van der Waals surface area contributed by atoms with Gasteiger partial charge in [-0.2, -0.15) is 0 Å². The van der Waals surface area contributed by atoms with Crippen LogP contribution in [0.1, 0.15) is 30.0 Å². The summed E-state index contributed by atoms with van der Waals surface area (Å²) in [6.45, 7) is 3.32. The summed E-state index contributed by atoms with van der Waals surface area (Å²) < 4.78 is 13.0. The summed E-state index contributed by atoms with van der Waals surface area (Å²) >= 11 is 5.94. The highest BCUT2D eigenvalue weighted by atomic mass is 35.5. The lowest BCUT2D eigenvalue weighted by atomic mass is 9.88. The van der Waals surface area contributed by atoms with Crippen molar-refractivity contribution in [2.45, 2.75) is 18.9 Å². The molecule has 126 valence electrons. The van der Waals surface area contributed by atoms with Crippen LogP contribution in [-0.2, 0) is 4.79 Å². The molecule has 5 heteroatoms. The Kier molecular flexibility index (Phi) is 5.17. The van der Waals surface area contributed by atoms with Crippen LogP contribution >= 0.6 is 11.6 Å². The Hall–Kier alpha value is -1.91. The van der Waals surface area contributed by atoms with Gasteiger partial charge in [0.1, 0.15) is 5.82 Å². The van der Waals surface area contributed by atoms with Crippen molar-refractivity contribution in [3.05, 3.63) is 70.5 Å². The minimum absolute atomic E-state index is 0.0109. The van der Waals surface area contributed by atoms with E-state index in [2.05, 4.69) is 10.6 Å². The third kappa shape index (κ3) is 3.77. The standard InChI is InChI=1S/C19H20ClFN2O/c1-12(13-4-8-16(21)9-5-13)23-19(24)18-11-22-10-17(18)14-2-6-15(20)7-3-14/h2-9,12,17-18,22H,10-11H2,1H3,(H,23,24)/t12-,17-,18?/m0/s1. The second-order valence-corrected chi connectivity index (χ2v) is 6.64. The van der Waals surface area contributed by atoms with Gasteiger partial charge in [-0.25, -0.2) is 4.39 Å². The van der Waals surface area contributed by atoms with E-state index in [1.54, 1.807) is 12.1 Å². The summed E-state index contributed by atoms with van der Waals surface area (Å²) in [4.78, 5) is 12.7. The second-order valence-electron chi connectivity index (χ2n) is 6.20. The van der Waals surface area contributed by atoms with Crippen molar-refractivity contribution in [2.24, 2.45) is 5.92 Å². The molecule has 1 heterocycles. The normalized spacial score (nSPS) is 21.5. The lowest BCUT2D eigenvalue weighted by Gasteiger charge is -2.22. The molecular formula is C19H20ClFN2O. The highest BCUT2D eigenvalue weighted by Crippen LogP contribution is 2.29. The number of amides is 1. The smallest absolute Gasteiger partial charge is 0.225 e. The van der Waals surface area contributed by atoms with Gasteiger partial charge in [0.25, 0.3) is 0 Å². The summed E-state index contributed by atoms with van der Waals surface area (Å²) in [6, 6.07) is 13.7. The van der Waals surface area contributed by atoms with Crippen LogP contribution in [0.2, 0.25) is 5.02 Å². The number of halogens is 2. The van der Waals surface area contributed by atoms with E-state index in [-0.39, 0.29) is 29.6 Å². The van der Waals surface area contributed by atoms with Crippen LogP contribution < -0.4 is 10.6 Å². The minimum atomic E-state index is -0.278. The molecule has 0 spiro atoms. The third-order valence-corrected chi connectivity index (χ3v) is 4.83. The average molecular weight is 347 g/mol. The van der Waals surface area contributed by atoms with Gasteiger partial charge in [0.05, 0.1) is 12.0 Å². The van der Waals surface area contributed by atoms with Crippen LogP contribution in [0.3, 0.4) is 0 Å². The molecule has 0 aromatic heterocycles. The van der Waals surface area contributed by atoms with Crippen molar-refractivity contribution in [3.63, 3.8) is 0 Å². The molecule has 0 aliphatic carbocycles. The van der Waals surface area contributed by atoms with Crippen molar-refractivity contribution in [3.8, 4) is 0 Å². The number of nitrogens with one attached hydrogen (secondary N) is 2. The predicted molar refractivity (Wildman–Crippen MR) is 93.5 cm³/mol. The first-order chi connectivity index (χ1) is 11.5. The Labute approximate surface area is 146 Å². The van der Waals surface area contributed by atoms with Gasteiger partial charge in [0, 0.05) is 24.0 Å². The molecule has 1 aliphatic heterocycles.